The van der Waals surface area contributed by atoms with Crippen LogP contribution in [0.4, 0.5) is 0 Å². The molecule has 0 aromatic carbocycles. The van der Waals surface area contributed by atoms with E-state index in [2.05, 4.69) is 35.7 Å². The molecular weight excluding hydrogens is 272 g/mol. The van der Waals surface area contributed by atoms with Crippen molar-refractivity contribution in [3.8, 4) is 0 Å². The van der Waals surface area contributed by atoms with Gasteiger partial charge >= 0.3 is 0 Å². The predicted molar refractivity (Wildman–Crippen MR) is 63.3 cm³/mol. The highest BCUT2D eigenvalue weighted by Gasteiger charge is 2.34. The van der Waals surface area contributed by atoms with Crippen molar-refractivity contribution in [2.24, 2.45) is 0 Å². The highest BCUT2D eigenvalue weighted by molar-refractivity contribution is 9.10. The number of nitrogens with zero attached hydrogens (tertiary/aromatic N) is 3. The van der Waals surface area contributed by atoms with Crippen LogP contribution in [0.1, 0.15) is 11.9 Å². The van der Waals surface area contributed by atoms with Crippen molar-refractivity contribution >= 4 is 15.9 Å². The van der Waals surface area contributed by atoms with Gasteiger partial charge in [0.2, 0.25) is 0 Å². The van der Waals surface area contributed by atoms with E-state index in [-0.39, 0.29) is 11.6 Å². The van der Waals surface area contributed by atoms with Gasteiger partial charge < -0.3 is 4.98 Å². The molecule has 3 saturated heterocycles. The van der Waals surface area contributed by atoms with Crippen LogP contribution in [0.3, 0.4) is 0 Å². The van der Waals surface area contributed by atoms with E-state index in [0.717, 1.165) is 38.5 Å². The van der Waals surface area contributed by atoms with Crippen LogP contribution in [0.25, 0.3) is 0 Å². The summed E-state index contributed by atoms with van der Waals surface area (Å²) in [6.07, 6.45) is 1.59. The molecule has 6 heteroatoms. The van der Waals surface area contributed by atoms with Crippen LogP contribution in [0, 0.1) is 0 Å². The molecule has 0 amide bonds. The van der Waals surface area contributed by atoms with E-state index in [4.69, 9.17) is 0 Å². The van der Waals surface area contributed by atoms with E-state index >= 15 is 0 Å². The van der Waals surface area contributed by atoms with E-state index in [9.17, 15) is 4.79 Å². The van der Waals surface area contributed by atoms with Crippen LogP contribution in [0.15, 0.2) is 15.5 Å². The van der Waals surface area contributed by atoms with Gasteiger partial charge in [-0.05, 0) is 15.9 Å². The van der Waals surface area contributed by atoms with Crippen molar-refractivity contribution in [2.45, 2.75) is 6.04 Å². The van der Waals surface area contributed by atoms with E-state index in [1.807, 2.05) is 0 Å². The van der Waals surface area contributed by atoms with E-state index in [1.165, 1.54) is 0 Å². The first-order valence-electron chi connectivity index (χ1n) is 5.45. The summed E-state index contributed by atoms with van der Waals surface area (Å²) in [6.45, 7) is 5.40. The normalized spacial score (nSPS) is 32.9. The lowest BCUT2D eigenvalue weighted by atomic mass is 10.1. The van der Waals surface area contributed by atoms with Gasteiger partial charge in [0.15, 0.2) is 0 Å². The van der Waals surface area contributed by atoms with Gasteiger partial charge in [0, 0.05) is 38.9 Å². The molecule has 5 nitrogen and oxygen atoms in total. The molecule has 16 heavy (non-hydrogen) atoms. The third-order valence-electron chi connectivity index (χ3n) is 3.37. The Morgan fingerprint density at radius 3 is 2.69 bits per heavy atom. The van der Waals surface area contributed by atoms with Gasteiger partial charge in [-0.2, -0.15) is 0 Å². The van der Waals surface area contributed by atoms with E-state index in [0.29, 0.717) is 4.47 Å². The second kappa shape index (κ2) is 3.94. The molecule has 0 aliphatic carbocycles. The molecule has 1 aromatic rings. The zero-order chi connectivity index (χ0) is 11.1. The Morgan fingerprint density at radius 2 is 2.12 bits per heavy atom. The maximum absolute atomic E-state index is 11.5. The number of rotatable bonds is 1. The summed E-state index contributed by atoms with van der Waals surface area (Å²) >= 11 is 3.16. The number of aromatic nitrogens is 2. The van der Waals surface area contributed by atoms with Crippen molar-refractivity contribution < 1.29 is 0 Å². The fraction of sp³-hybridized carbons (Fsp3) is 0.600. The zero-order valence-corrected chi connectivity index (χ0v) is 10.4. The number of fused-ring (bicyclic) bond motifs is 3. The van der Waals surface area contributed by atoms with Crippen LogP contribution >= 0.6 is 15.9 Å². The Kier molecular flexibility index (Phi) is 2.57. The predicted octanol–water partition coefficient (Wildman–Crippen LogP) is 0.205. The average molecular weight is 285 g/mol. The first-order valence-corrected chi connectivity index (χ1v) is 6.24. The molecule has 1 unspecified atom stereocenters. The number of nitrogens with one attached hydrogen (secondary N) is 1. The molecule has 0 radical (unpaired) electrons. The monoisotopic (exact) mass is 284 g/mol. The van der Waals surface area contributed by atoms with Crippen LogP contribution in [0.2, 0.25) is 0 Å². The Labute approximate surface area is 102 Å². The minimum Gasteiger partial charge on any atom is -0.308 e. The van der Waals surface area contributed by atoms with Gasteiger partial charge in [-0.15, -0.1) is 0 Å². The Bertz CT molecular complexity index is 452. The first kappa shape index (κ1) is 10.4. The molecule has 2 bridgehead atoms. The largest absolute Gasteiger partial charge is 0.308 e. The summed E-state index contributed by atoms with van der Waals surface area (Å²) in [5, 5.41) is 0. The molecule has 1 atom stereocenters. The van der Waals surface area contributed by atoms with Crippen LogP contribution in [-0.2, 0) is 0 Å². The van der Waals surface area contributed by atoms with Crippen LogP contribution in [-0.4, -0.2) is 52.5 Å². The molecule has 1 aromatic heterocycles. The SMILES string of the molecule is O=c1[nH]c(C2CN3CCN2CC3)ncc1Br. The minimum absolute atomic E-state index is 0.0948. The van der Waals surface area contributed by atoms with E-state index < -0.39 is 0 Å². The van der Waals surface area contributed by atoms with Gasteiger partial charge in [0.05, 0.1) is 6.04 Å². The maximum Gasteiger partial charge on any atom is 0.265 e. The summed E-state index contributed by atoms with van der Waals surface area (Å²) in [5.74, 6) is 0.789. The van der Waals surface area contributed by atoms with Gasteiger partial charge in [-0.1, -0.05) is 0 Å². The molecule has 3 aliphatic heterocycles. The highest BCUT2D eigenvalue weighted by Crippen LogP contribution is 2.25. The molecular formula is C10H13BrN4O. The average Bonchev–Trinajstić information content (AvgIpc) is 2.34. The minimum atomic E-state index is -0.0948. The molecule has 86 valence electrons. The standard InChI is InChI=1S/C10H13BrN4O/c11-7-5-12-9(13-10(7)16)8-6-14-1-3-15(8)4-2-14/h5,8H,1-4,6H2,(H,12,13,16). The molecule has 4 rings (SSSR count). The lowest BCUT2D eigenvalue weighted by molar-refractivity contribution is 0.00853. The molecule has 1 N–H and O–H groups in total. The van der Waals surface area contributed by atoms with Gasteiger partial charge in [-0.25, -0.2) is 4.98 Å². The number of hydrogen-bond acceptors (Lipinski definition) is 4. The van der Waals surface area contributed by atoms with Crippen LogP contribution in [0.5, 0.6) is 0 Å². The Balaban J connectivity index is 1.92. The molecule has 0 spiro atoms. The molecule has 3 aliphatic rings. The molecule has 4 heterocycles. The topological polar surface area (TPSA) is 52.2 Å². The Hall–Kier alpha value is -0.720. The maximum atomic E-state index is 11.5. The summed E-state index contributed by atoms with van der Waals surface area (Å²) in [5.41, 5.74) is -0.0948. The quantitative estimate of drug-likeness (QED) is 0.801. The summed E-state index contributed by atoms with van der Waals surface area (Å²) in [6, 6.07) is 0.253. The van der Waals surface area contributed by atoms with Gasteiger partial charge in [0.25, 0.3) is 5.56 Å². The summed E-state index contributed by atoms with van der Waals surface area (Å²) in [7, 11) is 0. The van der Waals surface area contributed by atoms with Crippen molar-refractivity contribution in [1.82, 2.24) is 19.8 Å². The number of piperazine rings is 3. The van der Waals surface area contributed by atoms with Crippen molar-refractivity contribution in [3.63, 3.8) is 0 Å². The van der Waals surface area contributed by atoms with Crippen molar-refractivity contribution in [2.75, 3.05) is 32.7 Å². The fourth-order valence-corrected chi connectivity index (χ4v) is 2.64. The van der Waals surface area contributed by atoms with Crippen molar-refractivity contribution in [3.05, 3.63) is 26.8 Å². The molecule has 0 saturated carbocycles. The number of hydrogen-bond donors (Lipinski definition) is 1. The number of H-pyrrole nitrogens is 1. The summed E-state index contributed by atoms with van der Waals surface area (Å²) < 4.78 is 0.493. The number of aromatic amines is 1. The zero-order valence-electron chi connectivity index (χ0n) is 8.82. The summed E-state index contributed by atoms with van der Waals surface area (Å²) in [4.78, 5) is 23.5. The molecule has 3 fully saturated rings. The fourth-order valence-electron chi connectivity index (χ4n) is 2.44. The first-order chi connectivity index (χ1) is 7.74. The van der Waals surface area contributed by atoms with Gasteiger partial charge in [0.1, 0.15) is 10.3 Å². The van der Waals surface area contributed by atoms with Crippen LogP contribution < -0.4 is 5.56 Å². The second-order valence-electron chi connectivity index (χ2n) is 4.30. The second-order valence-corrected chi connectivity index (χ2v) is 5.15. The third-order valence-corrected chi connectivity index (χ3v) is 3.93. The van der Waals surface area contributed by atoms with Gasteiger partial charge in [-0.3, -0.25) is 14.6 Å². The smallest absolute Gasteiger partial charge is 0.265 e. The number of halogens is 1. The highest BCUT2D eigenvalue weighted by atomic mass is 79.9. The van der Waals surface area contributed by atoms with E-state index in [1.54, 1.807) is 6.20 Å². The lowest BCUT2D eigenvalue weighted by Gasteiger charge is -2.46. The van der Waals surface area contributed by atoms with Crippen molar-refractivity contribution in [1.29, 1.82) is 0 Å². The Morgan fingerprint density at radius 1 is 1.38 bits per heavy atom. The third kappa shape index (κ3) is 1.70. The lowest BCUT2D eigenvalue weighted by Crippen LogP contribution is -2.57.